The van der Waals surface area contributed by atoms with Crippen LogP contribution in [-0.4, -0.2) is 23.9 Å². The lowest BCUT2D eigenvalue weighted by atomic mass is 9.98. The molecule has 24 heavy (non-hydrogen) atoms. The maximum Gasteiger partial charge on any atom is 0.318 e. The summed E-state index contributed by atoms with van der Waals surface area (Å²) in [5.74, 6) is 0.793. The highest BCUT2D eigenvalue weighted by Gasteiger charge is 2.18. The lowest BCUT2D eigenvalue weighted by Gasteiger charge is -2.23. The van der Waals surface area contributed by atoms with Crippen LogP contribution in [0, 0.1) is 0 Å². The van der Waals surface area contributed by atoms with E-state index in [1.807, 2.05) is 31.2 Å². The molecule has 3 amide bonds. The largest absolute Gasteiger partial charge is 0.467 e. The standard InChI is InChI=1S/C18H21N3O3/c1-12(19-18(23)21(2)11-15-4-3-9-24-15)13-5-7-16-14(10-13)6-8-17(22)20-16/h3-5,7,9-10,12H,6,8,11H2,1-2H3,(H,19,23)(H,20,22)/t12-/m0/s1. The monoisotopic (exact) mass is 327 g/mol. The smallest absolute Gasteiger partial charge is 0.318 e. The molecule has 126 valence electrons. The van der Waals surface area contributed by atoms with Crippen molar-refractivity contribution >= 4 is 17.6 Å². The van der Waals surface area contributed by atoms with E-state index in [4.69, 9.17) is 4.42 Å². The Morgan fingerprint density at radius 1 is 1.38 bits per heavy atom. The predicted molar refractivity (Wildman–Crippen MR) is 90.5 cm³/mol. The average Bonchev–Trinajstić information content (AvgIpc) is 3.07. The van der Waals surface area contributed by atoms with Gasteiger partial charge in [-0.25, -0.2) is 4.79 Å². The Labute approximate surface area is 140 Å². The molecule has 0 unspecified atom stereocenters. The maximum absolute atomic E-state index is 12.3. The molecular weight excluding hydrogens is 306 g/mol. The average molecular weight is 327 g/mol. The number of anilines is 1. The third kappa shape index (κ3) is 3.59. The highest BCUT2D eigenvalue weighted by atomic mass is 16.3. The summed E-state index contributed by atoms with van der Waals surface area (Å²) in [6.07, 6.45) is 2.83. The second-order valence-corrected chi connectivity index (χ2v) is 6.07. The Kier molecular flexibility index (Phi) is 4.55. The van der Waals surface area contributed by atoms with Crippen molar-refractivity contribution < 1.29 is 14.0 Å². The lowest BCUT2D eigenvalue weighted by molar-refractivity contribution is -0.116. The van der Waals surface area contributed by atoms with Gasteiger partial charge in [0.1, 0.15) is 5.76 Å². The highest BCUT2D eigenvalue weighted by molar-refractivity contribution is 5.93. The SMILES string of the molecule is C[C@H](NC(=O)N(C)Cc1ccco1)c1ccc2c(c1)CCC(=O)N2. The fourth-order valence-electron chi connectivity index (χ4n) is 2.76. The van der Waals surface area contributed by atoms with Crippen LogP contribution in [0.2, 0.25) is 0 Å². The normalized spacial score (nSPS) is 14.5. The van der Waals surface area contributed by atoms with Crippen molar-refractivity contribution in [2.24, 2.45) is 0 Å². The van der Waals surface area contributed by atoms with Gasteiger partial charge in [0.05, 0.1) is 18.8 Å². The van der Waals surface area contributed by atoms with Crippen molar-refractivity contribution in [3.05, 3.63) is 53.5 Å². The Morgan fingerprint density at radius 2 is 2.21 bits per heavy atom. The number of aryl methyl sites for hydroxylation is 1. The van der Waals surface area contributed by atoms with Gasteiger partial charge >= 0.3 is 6.03 Å². The third-order valence-electron chi connectivity index (χ3n) is 4.18. The molecule has 2 N–H and O–H groups in total. The summed E-state index contributed by atoms with van der Waals surface area (Å²) in [7, 11) is 1.73. The van der Waals surface area contributed by atoms with E-state index in [9.17, 15) is 9.59 Å². The van der Waals surface area contributed by atoms with Crippen molar-refractivity contribution in [1.82, 2.24) is 10.2 Å². The van der Waals surface area contributed by atoms with Gasteiger partial charge < -0.3 is 20.0 Å². The first-order valence-corrected chi connectivity index (χ1v) is 7.99. The number of carbonyl (C=O) groups is 2. The molecule has 2 heterocycles. The van der Waals surface area contributed by atoms with Crippen molar-refractivity contribution in [2.45, 2.75) is 32.4 Å². The molecule has 1 aliphatic rings. The molecule has 0 saturated heterocycles. The van der Waals surface area contributed by atoms with Gasteiger partial charge in [-0.2, -0.15) is 0 Å². The Balaban J connectivity index is 1.63. The first kappa shape index (κ1) is 16.1. The van der Waals surface area contributed by atoms with Crippen LogP contribution in [0.25, 0.3) is 0 Å². The molecule has 0 fully saturated rings. The molecule has 1 aromatic carbocycles. The van der Waals surface area contributed by atoms with Gasteiger partial charge in [0.25, 0.3) is 0 Å². The molecule has 0 saturated carbocycles. The zero-order valence-electron chi connectivity index (χ0n) is 13.8. The summed E-state index contributed by atoms with van der Waals surface area (Å²) in [5.41, 5.74) is 2.99. The third-order valence-corrected chi connectivity index (χ3v) is 4.18. The van der Waals surface area contributed by atoms with E-state index in [-0.39, 0.29) is 18.0 Å². The summed E-state index contributed by atoms with van der Waals surface area (Å²) in [6, 6.07) is 9.23. The quantitative estimate of drug-likeness (QED) is 0.906. The number of benzene rings is 1. The molecule has 1 aliphatic heterocycles. The molecule has 6 nitrogen and oxygen atoms in total. The number of hydrogen-bond donors (Lipinski definition) is 2. The number of amides is 3. The molecule has 1 atom stereocenters. The van der Waals surface area contributed by atoms with Crippen LogP contribution in [0.3, 0.4) is 0 Å². The molecule has 3 rings (SSSR count). The van der Waals surface area contributed by atoms with Crippen LogP contribution in [0.1, 0.15) is 36.3 Å². The van der Waals surface area contributed by atoms with E-state index in [1.165, 1.54) is 0 Å². The van der Waals surface area contributed by atoms with Gasteiger partial charge in [-0.3, -0.25) is 4.79 Å². The fourth-order valence-corrected chi connectivity index (χ4v) is 2.76. The number of carbonyl (C=O) groups excluding carboxylic acids is 2. The number of nitrogens with zero attached hydrogens (tertiary/aromatic N) is 1. The van der Waals surface area contributed by atoms with E-state index in [0.717, 1.165) is 29.0 Å². The van der Waals surface area contributed by atoms with Gasteiger partial charge in [-0.05, 0) is 42.7 Å². The van der Waals surface area contributed by atoms with E-state index in [2.05, 4.69) is 10.6 Å². The van der Waals surface area contributed by atoms with Crippen LogP contribution >= 0.6 is 0 Å². The molecule has 2 aromatic rings. The molecule has 0 spiro atoms. The number of nitrogens with one attached hydrogen (secondary N) is 2. The van der Waals surface area contributed by atoms with E-state index < -0.39 is 0 Å². The van der Waals surface area contributed by atoms with Crippen LogP contribution in [0.5, 0.6) is 0 Å². The van der Waals surface area contributed by atoms with E-state index in [1.54, 1.807) is 24.3 Å². The summed E-state index contributed by atoms with van der Waals surface area (Å²) in [4.78, 5) is 25.3. The van der Waals surface area contributed by atoms with Gasteiger partial charge in [-0.1, -0.05) is 12.1 Å². The summed E-state index contributed by atoms with van der Waals surface area (Å²) in [5, 5.41) is 5.85. The first-order valence-electron chi connectivity index (χ1n) is 7.99. The highest BCUT2D eigenvalue weighted by Crippen LogP contribution is 2.26. The maximum atomic E-state index is 12.3. The lowest BCUT2D eigenvalue weighted by Crippen LogP contribution is -2.38. The van der Waals surface area contributed by atoms with Crippen molar-refractivity contribution in [1.29, 1.82) is 0 Å². The van der Waals surface area contributed by atoms with Crippen LogP contribution in [0.15, 0.2) is 41.0 Å². The minimum absolute atomic E-state index is 0.0520. The number of furan rings is 1. The van der Waals surface area contributed by atoms with Gasteiger partial charge in [0.15, 0.2) is 0 Å². The van der Waals surface area contributed by atoms with E-state index in [0.29, 0.717) is 13.0 Å². The van der Waals surface area contributed by atoms with Crippen LogP contribution in [-0.2, 0) is 17.8 Å². The minimum atomic E-state index is -0.162. The molecule has 0 aliphatic carbocycles. The van der Waals surface area contributed by atoms with Crippen molar-refractivity contribution in [3.8, 4) is 0 Å². The van der Waals surface area contributed by atoms with Crippen LogP contribution < -0.4 is 10.6 Å². The zero-order chi connectivity index (χ0) is 17.1. The van der Waals surface area contributed by atoms with Gasteiger partial charge in [0, 0.05) is 19.2 Å². The molecule has 0 radical (unpaired) electrons. The predicted octanol–water partition coefficient (Wildman–Crippen LogP) is 3.07. The second kappa shape index (κ2) is 6.78. The van der Waals surface area contributed by atoms with Crippen molar-refractivity contribution in [2.75, 3.05) is 12.4 Å². The number of urea groups is 1. The van der Waals surface area contributed by atoms with Crippen molar-refractivity contribution in [3.63, 3.8) is 0 Å². The molecule has 6 heteroatoms. The van der Waals surface area contributed by atoms with E-state index >= 15 is 0 Å². The number of hydrogen-bond acceptors (Lipinski definition) is 3. The first-order chi connectivity index (χ1) is 11.5. The topological polar surface area (TPSA) is 74.6 Å². The van der Waals surface area contributed by atoms with Gasteiger partial charge in [-0.15, -0.1) is 0 Å². The van der Waals surface area contributed by atoms with Crippen LogP contribution in [0.4, 0.5) is 10.5 Å². The Morgan fingerprint density at radius 3 is 2.96 bits per heavy atom. The van der Waals surface area contributed by atoms with Gasteiger partial charge in [0.2, 0.25) is 5.91 Å². The molecular formula is C18H21N3O3. The Hall–Kier alpha value is -2.76. The fraction of sp³-hybridized carbons (Fsp3) is 0.333. The summed E-state index contributed by atoms with van der Waals surface area (Å²) >= 11 is 0. The minimum Gasteiger partial charge on any atom is -0.467 e. The molecule has 0 bridgehead atoms. The Bertz CT molecular complexity index is 740. The second-order valence-electron chi connectivity index (χ2n) is 6.07. The summed E-state index contributed by atoms with van der Waals surface area (Å²) in [6.45, 7) is 2.36. The zero-order valence-corrected chi connectivity index (χ0v) is 13.8. The number of fused-ring (bicyclic) bond motifs is 1. The summed E-state index contributed by atoms with van der Waals surface area (Å²) < 4.78 is 5.26. The molecule has 1 aromatic heterocycles. The number of rotatable bonds is 4.